The molecule has 7 heteroatoms. The van der Waals surface area contributed by atoms with E-state index in [1.807, 2.05) is 12.1 Å². The molecule has 0 radical (unpaired) electrons. The van der Waals surface area contributed by atoms with Gasteiger partial charge in [0, 0.05) is 37.9 Å². The first-order valence-corrected chi connectivity index (χ1v) is 8.91. The molecule has 2 unspecified atom stereocenters. The van der Waals surface area contributed by atoms with E-state index in [9.17, 15) is 4.79 Å². The third-order valence-electron chi connectivity index (χ3n) is 5.10. The molecule has 2 aromatic heterocycles. The van der Waals surface area contributed by atoms with E-state index in [1.165, 1.54) is 0 Å². The summed E-state index contributed by atoms with van der Waals surface area (Å²) in [6.07, 6.45) is 3.90. The topological polar surface area (TPSA) is 73.5 Å². The Bertz CT molecular complexity index is 774. The molecule has 0 bridgehead atoms. The van der Waals surface area contributed by atoms with Crippen molar-refractivity contribution in [3.8, 4) is 5.88 Å². The molecule has 7 nitrogen and oxygen atoms in total. The van der Waals surface area contributed by atoms with E-state index in [1.54, 1.807) is 6.20 Å². The zero-order chi connectivity index (χ0) is 17.4. The number of rotatable bonds is 4. The van der Waals surface area contributed by atoms with Crippen LogP contribution in [0.5, 0.6) is 5.88 Å². The molecule has 2 fully saturated rings. The number of nitrogens with one attached hydrogen (secondary N) is 2. The van der Waals surface area contributed by atoms with Crippen LogP contribution in [0.15, 0.2) is 18.3 Å². The maximum absolute atomic E-state index is 12.6. The molecule has 0 saturated carbocycles. The molecule has 1 amide bonds. The van der Waals surface area contributed by atoms with E-state index < -0.39 is 0 Å². The van der Waals surface area contributed by atoms with Gasteiger partial charge in [-0.3, -0.25) is 4.79 Å². The second-order valence-electron chi connectivity index (χ2n) is 7.26. The van der Waals surface area contributed by atoms with Crippen molar-refractivity contribution in [2.24, 2.45) is 0 Å². The number of fused-ring (bicyclic) bond motifs is 1. The van der Waals surface area contributed by atoms with E-state index in [2.05, 4.69) is 39.2 Å². The molecule has 134 valence electrons. The van der Waals surface area contributed by atoms with E-state index >= 15 is 0 Å². The minimum Gasteiger partial charge on any atom is -0.473 e. The molecule has 4 rings (SSSR count). The van der Waals surface area contributed by atoms with Crippen molar-refractivity contribution in [2.45, 2.75) is 25.0 Å². The van der Waals surface area contributed by atoms with Crippen molar-refractivity contribution in [3.63, 3.8) is 0 Å². The van der Waals surface area contributed by atoms with Gasteiger partial charge in [0.1, 0.15) is 11.6 Å². The van der Waals surface area contributed by atoms with E-state index in [4.69, 9.17) is 4.74 Å². The van der Waals surface area contributed by atoms with Gasteiger partial charge < -0.3 is 24.8 Å². The number of carbonyl (C=O) groups is 1. The van der Waals surface area contributed by atoms with Crippen molar-refractivity contribution in [2.75, 3.05) is 40.3 Å². The van der Waals surface area contributed by atoms with Crippen LogP contribution >= 0.6 is 0 Å². The first kappa shape index (κ1) is 16.4. The summed E-state index contributed by atoms with van der Waals surface area (Å²) in [6.45, 7) is 3.87. The molecule has 0 aliphatic carbocycles. The number of aromatic nitrogens is 2. The Balaban J connectivity index is 1.51. The lowest BCUT2D eigenvalue weighted by Crippen LogP contribution is -2.36. The normalized spacial score (nSPS) is 24.9. The van der Waals surface area contributed by atoms with Crippen molar-refractivity contribution in [1.82, 2.24) is 25.1 Å². The number of nitrogens with zero attached hydrogens (tertiary/aromatic N) is 3. The summed E-state index contributed by atoms with van der Waals surface area (Å²) < 4.78 is 6.00. The van der Waals surface area contributed by atoms with Crippen LogP contribution in [-0.4, -0.2) is 78.1 Å². The largest absolute Gasteiger partial charge is 0.473 e. The summed E-state index contributed by atoms with van der Waals surface area (Å²) >= 11 is 0. The number of carbonyl (C=O) groups excluding carboxylic acids is 1. The van der Waals surface area contributed by atoms with Crippen LogP contribution in [0.4, 0.5) is 0 Å². The second kappa shape index (κ2) is 6.65. The molecule has 4 heterocycles. The van der Waals surface area contributed by atoms with Crippen molar-refractivity contribution >= 4 is 16.9 Å². The molecule has 0 spiro atoms. The zero-order valence-corrected chi connectivity index (χ0v) is 14.8. The van der Waals surface area contributed by atoms with Gasteiger partial charge in [-0.25, -0.2) is 4.98 Å². The highest BCUT2D eigenvalue weighted by Crippen LogP contribution is 2.22. The van der Waals surface area contributed by atoms with Gasteiger partial charge >= 0.3 is 0 Å². The van der Waals surface area contributed by atoms with Crippen LogP contribution in [0.2, 0.25) is 0 Å². The maximum atomic E-state index is 12.6. The average molecular weight is 343 g/mol. The first-order valence-electron chi connectivity index (χ1n) is 8.91. The number of hydrogen-bond donors (Lipinski definition) is 2. The van der Waals surface area contributed by atoms with Crippen LogP contribution in [0, 0.1) is 0 Å². The van der Waals surface area contributed by atoms with Gasteiger partial charge in [0.25, 0.3) is 5.91 Å². The fraction of sp³-hybridized carbons (Fsp3) is 0.556. The highest BCUT2D eigenvalue weighted by atomic mass is 16.5. The molecular formula is C18H25N5O2. The van der Waals surface area contributed by atoms with Gasteiger partial charge in [0.15, 0.2) is 0 Å². The van der Waals surface area contributed by atoms with Gasteiger partial charge in [0.05, 0.1) is 11.1 Å². The smallest absolute Gasteiger partial charge is 0.255 e. The fourth-order valence-corrected chi connectivity index (χ4v) is 3.70. The predicted octanol–water partition coefficient (Wildman–Crippen LogP) is 1.08. The lowest BCUT2D eigenvalue weighted by atomic mass is 10.2. The average Bonchev–Trinajstić information content (AvgIpc) is 3.28. The second-order valence-corrected chi connectivity index (χ2v) is 7.26. The molecule has 25 heavy (non-hydrogen) atoms. The standard InChI is InChI=1S/C18H25N5O2/c1-22-7-5-12(10-22)20-18(24)14-9-19-15-3-4-16(21-17(14)15)25-13-6-8-23(2)11-13/h3-4,9,12-13,19H,5-8,10-11H2,1-2H3,(H,20,24). The van der Waals surface area contributed by atoms with Gasteiger partial charge in [-0.15, -0.1) is 0 Å². The molecular weight excluding hydrogens is 318 g/mol. The summed E-state index contributed by atoms with van der Waals surface area (Å²) in [7, 11) is 4.17. The number of likely N-dealkylation sites (tertiary alicyclic amines) is 2. The van der Waals surface area contributed by atoms with E-state index in [0.717, 1.165) is 44.5 Å². The summed E-state index contributed by atoms with van der Waals surface area (Å²) in [5.74, 6) is 0.513. The lowest BCUT2D eigenvalue weighted by Gasteiger charge is -2.13. The summed E-state index contributed by atoms with van der Waals surface area (Å²) in [4.78, 5) is 24.8. The zero-order valence-electron chi connectivity index (χ0n) is 14.8. The molecule has 2 aromatic rings. The van der Waals surface area contributed by atoms with Crippen molar-refractivity contribution in [3.05, 3.63) is 23.9 Å². The van der Waals surface area contributed by atoms with Crippen LogP contribution in [0.1, 0.15) is 23.2 Å². The quantitative estimate of drug-likeness (QED) is 0.869. The monoisotopic (exact) mass is 343 g/mol. The minimum absolute atomic E-state index is 0.0724. The highest BCUT2D eigenvalue weighted by Gasteiger charge is 2.24. The summed E-state index contributed by atoms with van der Waals surface area (Å²) in [6, 6.07) is 4.00. The van der Waals surface area contributed by atoms with Crippen LogP contribution in [-0.2, 0) is 0 Å². The SMILES string of the molecule is CN1CCC(NC(=O)c2c[nH]c3ccc(OC4CCN(C)C4)nc23)C1. The number of pyridine rings is 1. The van der Waals surface area contributed by atoms with Crippen LogP contribution < -0.4 is 10.1 Å². The van der Waals surface area contributed by atoms with Crippen molar-refractivity contribution in [1.29, 1.82) is 0 Å². The Labute approximate surface area is 147 Å². The number of H-pyrrole nitrogens is 1. The summed E-state index contributed by atoms with van der Waals surface area (Å²) in [5.41, 5.74) is 2.11. The Kier molecular flexibility index (Phi) is 4.35. The first-order chi connectivity index (χ1) is 12.1. The fourth-order valence-electron chi connectivity index (χ4n) is 3.70. The third-order valence-corrected chi connectivity index (χ3v) is 5.10. The molecule has 2 N–H and O–H groups in total. The van der Waals surface area contributed by atoms with Crippen LogP contribution in [0.3, 0.4) is 0 Å². The Hall–Kier alpha value is -2.12. The minimum atomic E-state index is -0.0724. The number of likely N-dealkylation sites (N-methyl/N-ethyl adjacent to an activating group) is 2. The predicted molar refractivity (Wildman–Crippen MR) is 96.0 cm³/mol. The van der Waals surface area contributed by atoms with Crippen molar-refractivity contribution < 1.29 is 9.53 Å². The number of amides is 1. The molecule has 2 aliphatic rings. The maximum Gasteiger partial charge on any atom is 0.255 e. The number of aromatic amines is 1. The van der Waals surface area contributed by atoms with Gasteiger partial charge in [-0.2, -0.15) is 0 Å². The Morgan fingerprint density at radius 2 is 2.04 bits per heavy atom. The van der Waals surface area contributed by atoms with Gasteiger partial charge in [-0.1, -0.05) is 0 Å². The van der Waals surface area contributed by atoms with Crippen LogP contribution in [0.25, 0.3) is 11.0 Å². The molecule has 2 atom stereocenters. The Morgan fingerprint density at radius 3 is 2.76 bits per heavy atom. The summed E-state index contributed by atoms with van der Waals surface area (Å²) in [5, 5.41) is 3.11. The number of ether oxygens (including phenoxy) is 1. The molecule has 0 aromatic carbocycles. The molecule has 2 aliphatic heterocycles. The number of hydrogen-bond acceptors (Lipinski definition) is 5. The third kappa shape index (κ3) is 3.48. The van der Waals surface area contributed by atoms with E-state index in [0.29, 0.717) is 17.0 Å². The highest BCUT2D eigenvalue weighted by molar-refractivity contribution is 6.05. The lowest BCUT2D eigenvalue weighted by molar-refractivity contribution is 0.0940. The van der Waals surface area contributed by atoms with Gasteiger partial charge in [0.2, 0.25) is 5.88 Å². The van der Waals surface area contributed by atoms with E-state index in [-0.39, 0.29) is 18.1 Å². The van der Waals surface area contributed by atoms with Gasteiger partial charge in [-0.05, 0) is 39.5 Å². The Morgan fingerprint density at radius 1 is 1.24 bits per heavy atom. The molecule has 2 saturated heterocycles.